The number of benzene rings is 1. The first-order chi connectivity index (χ1) is 8.68. The average molecular weight is 242 g/mol. The highest BCUT2D eigenvalue weighted by Crippen LogP contribution is 2.21. The lowest BCUT2D eigenvalue weighted by Gasteiger charge is -2.00. The van der Waals surface area contributed by atoms with Crippen LogP contribution in [0.25, 0.3) is 21.9 Å². The van der Waals surface area contributed by atoms with Crippen LogP contribution in [0.4, 0.5) is 0 Å². The predicted molar refractivity (Wildman–Crippen MR) is 62.5 cm³/mol. The van der Waals surface area contributed by atoms with Gasteiger partial charge < -0.3 is 9.63 Å². The highest BCUT2D eigenvalue weighted by Gasteiger charge is 2.16. The van der Waals surface area contributed by atoms with E-state index in [1.54, 1.807) is 24.4 Å². The van der Waals surface area contributed by atoms with Gasteiger partial charge in [-0.25, -0.2) is 4.79 Å². The fourth-order valence-corrected chi connectivity index (χ4v) is 1.80. The van der Waals surface area contributed by atoms with Crippen molar-refractivity contribution in [3.05, 3.63) is 46.4 Å². The molecule has 0 fully saturated rings. The second-order valence-electron chi connectivity index (χ2n) is 3.68. The number of rotatable bonds is 1. The Labute approximate surface area is 99.5 Å². The standard InChI is InChI=1S/C12H6N2O4/c15-10-7-3-4-8-6(2-1-5-13-8)11(7)18-14-9(10)12(16)17/h1-5H,(H,16,17). The summed E-state index contributed by atoms with van der Waals surface area (Å²) in [6, 6.07) is 6.56. The third kappa shape index (κ3) is 1.36. The zero-order chi connectivity index (χ0) is 12.7. The van der Waals surface area contributed by atoms with Crippen molar-refractivity contribution < 1.29 is 14.4 Å². The number of nitrogens with zero attached hydrogens (tertiary/aromatic N) is 2. The molecule has 0 spiro atoms. The molecule has 0 aliphatic carbocycles. The molecule has 3 rings (SSSR count). The van der Waals surface area contributed by atoms with Crippen molar-refractivity contribution in [3.63, 3.8) is 0 Å². The maximum absolute atomic E-state index is 11.9. The Bertz CT molecular complexity index is 838. The zero-order valence-electron chi connectivity index (χ0n) is 8.95. The van der Waals surface area contributed by atoms with E-state index < -0.39 is 17.1 Å². The van der Waals surface area contributed by atoms with E-state index >= 15 is 0 Å². The first-order valence-electron chi connectivity index (χ1n) is 5.09. The number of carboxylic acids is 1. The summed E-state index contributed by atoms with van der Waals surface area (Å²) in [7, 11) is 0. The van der Waals surface area contributed by atoms with Gasteiger partial charge in [0.25, 0.3) is 0 Å². The molecule has 0 saturated heterocycles. The first-order valence-corrected chi connectivity index (χ1v) is 5.09. The minimum atomic E-state index is -1.41. The molecule has 0 bridgehead atoms. The summed E-state index contributed by atoms with van der Waals surface area (Å²) in [5, 5.41) is 12.9. The van der Waals surface area contributed by atoms with Crippen molar-refractivity contribution in [2.24, 2.45) is 0 Å². The van der Waals surface area contributed by atoms with Crippen LogP contribution in [-0.4, -0.2) is 21.2 Å². The van der Waals surface area contributed by atoms with Crippen molar-refractivity contribution in [3.8, 4) is 0 Å². The van der Waals surface area contributed by atoms with Crippen LogP contribution in [-0.2, 0) is 0 Å². The Hall–Kier alpha value is -2.76. The number of fused-ring (bicyclic) bond motifs is 3. The Balaban J connectivity index is 2.52. The molecule has 2 heterocycles. The zero-order valence-corrected chi connectivity index (χ0v) is 8.95. The molecule has 1 N–H and O–H groups in total. The molecular weight excluding hydrogens is 236 g/mol. The molecule has 2 aromatic heterocycles. The topological polar surface area (TPSA) is 93.3 Å². The molecule has 0 aliphatic heterocycles. The number of aromatic nitrogens is 2. The predicted octanol–water partition coefficient (Wildman–Crippen LogP) is 1.43. The lowest BCUT2D eigenvalue weighted by molar-refractivity contribution is 0.0681. The van der Waals surface area contributed by atoms with Gasteiger partial charge in [0.15, 0.2) is 5.58 Å². The summed E-state index contributed by atoms with van der Waals surface area (Å²) in [6.45, 7) is 0. The van der Waals surface area contributed by atoms with E-state index in [4.69, 9.17) is 9.63 Å². The van der Waals surface area contributed by atoms with Crippen molar-refractivity contribution >= 4 is 27.8 Å². The Kier molecular flexibility index (Phi) is 2.09. The summed E-state index contributed by atoms with van der Waals surface area (Å²) in [6.07, 6.45) is 1.62. The van der Waals surface area contributed by atoms with Crippen molar-refractivity contribution in [2.75, 3.05) is 0 Å². The quantitative estimate of drug-likeness (QED) is 0.649. The van der Waals surface area contributed by atoms with Gasteiger partial charge in [0.1, 0.15) is 0 Å². The van der Waals surface area contributed by atoms with Crippen LogP contribution in [0.15, 0.2) is 39.8 Å². The summed E-state index contributed by atoms with van der Waals surface area (Å²) in [4.78, 5) is 26.8. The average Bonchev–Trinajstić information content (AvgIpc) is 2.38. The van der Waals surface area contributed by atoms with Crippen LogP contribution in [0.2, 0.25) is 0 Å². The smallest absolute Gasteiger partial charge is 0.362 e. The molecule has 0 unspecified atom stereocenters. The third-order valence-corrected chi connectivity index (χ3v) is 2.63. The van der Waals surface area contributed by atoms with E-state index in [-0.39, 0.29) is 11.0 Å². The number of aromatic carboxylic acids is 1. The summed E-state index contributed by atoms with van der Waals surface area (Å²) < 4.78 is 5.03. The second kappa shape index (κ2) is 3.63. The van der Waals surface area contributed by atoms with Gasteiger partial charge in [-0.15, -0.1) is 0 Å². The molecule has 1 aromatic carbocycles. The van der Waals surface area contributed by atoms with Crippen LogP contribution >= 0.6 is 0 Å². The largest absolute Gasteiger partial charge is 0.476 e. The molecule has 6 nitrogen and oxygen atoms in total. The Morgan fingerprint density at radius 2 is 2.06 bits per heavy atom. The lowest BCUT2D eigenvalue weighted by atomic mass is 10.1. The van der Waals surface area contributed by atoms with Crippen LogP contribution < -0.4 is 5.43 Å². The molecule has 3 aromatic rings. The van der Waals surface area contributed by atoms with E-state index in [2.05, 4.69) is 10.1 Å². The van der Waals surface area contributed by atoms with Gasteiger partial charge in [-0.2, -0.15) is 0 Å². The molecule has 88 valence electrons. The van der Waals surface area contributed by atoms with E-state index in [9.17, 15) is 9.59 Å². The maximum atomic E-state index is 11.9. The highest BCUT2D eigenvalue weighted by atomic mass is 16.5. The molecule has 6 heteroatoms. The molecule has 0 aliphatic rings. The van der Waals surface area contributed by atoms with Gasteiger partial charge in [-0.3, -0.25) is 9.78 Å². The molecule has 0 radical (unpaired) electrons. The van der Waals surface area contributed by atoms with Crippen LogP contribution in [0.5, 0.6) is 0 Å². The van der Waals surface area contributed by atoms with Crippen LogP contribution in [0.1, 0.15) is 10.5 Å². The minimum absolute atomic E-state index is 0.183. The van der Waals surface area contributed by atoms with E-state index in [1.807, 2.05) is 0 Å². The van der Waals surface area contributed by atoms with Crippen molar-refractivity contribution in [1.29, 1.82) is 0 Å². The second-order valence-corrected chi connectivity index (χ2v) is 3.68. The van der Waals surface area contributed by atoms with Gasteiger partial charge in [-0.1, -0.05) is 5.16 Å². The fraction of sp³-hybridized carbons (Fsp3) is 0. The van der Waals surface area contributed by atoms with Crippen molar-refractivity contribution in [2.45, 2.75) is 0 Å². The fourth-order valence-electron chi connectivity index (χ4n) is 1.80. The Morgan fingerprint density at radius 3 is 2.83 bits per heavy atom. The van der Waals surface area contributed by atoms with Gasteiger partial charge in [0.2, 0.25) is 11.1 Å². The normalized spacial score (nSPS) is 10.9. The van der Waals surface area contributed by atoms with Gasteiger partial charge >= 0.3 is 5.97 Å². The molecule has 0 saturated carbocycles. The molecular formula is C12H6N2O4. The highest BCUT2D eigenvalue weighted by molar-refractivity contribution is 6.03. The Morgan fingerprint density at radius 1 is 1.22 bits per heavy atom. The van der Waals surface area contributed by atoms with Gasteiger partial charge in [0.05, 0.1) is 10.9 Å². The number of carbonyl (C=O) groups is 1. The molecule has 0 amide bonds. The van der Waals surface area contributed by atoms with E-state index in [1.165, 1.54) is 6.07 Å². The van der Waals surface area contributed by atoms with Gasteiger partial charge in [0, 0.05) is 11.6 Å². The van der Waals surface area contributed by atoms with Gasteiger partial charge in [-0.05, 0) is 24.3 Å². The summed E-state index contributed by atoms with van der Waals surface area (Å²) in [5.41, 5.74) is -0.381. The number of carboxylic acid groups (broad SMARTS) is 1. The van der Waals surface area contributed by atoms with Crippen LogP contribution in [0.3, 0.4) is 0 Å². The SMILES string of the molecule is O=C(O)c1noc2c(ccc3ncccc32)c1=O. The molecule has 0 atom stereocenters. The summed E-state index contributed by atoms with van der Waals surface area (Å²) in [5.74, 6) is -1.41. The van der Waals surface area contributed by atoms with E-state index in [0.717, 1.165) is 0 Å². The number of hydrogen-bond acceptors (Lipinski definition) is 5. The minimum Gasteiger partial charge on any atom is -0.476 e. The van der Waals surface area contributed by atoms with Crippen molar-refractivity contribution in [1.82, 2.24) is 10.1 Å². The van der Waals surface area contributed by atoms with Crippen LogP contribution in [0, 0.1) is 0 Å². The first kappa shape index (κ1) is 10.4. The number of hydrogen-bond donors (Lipinski definition) is 1. The van der Waals surface area contributed by atoms with E-state index in [0.29, 0.717) is 10.9 Å². The number of pyridine rings is 1. The molecule has 18 heavy (non-hydrogen) atoms. The lowest BCUT2D eigenvalue weighted by Crippen LogP contribution is -2.16. The monoisotopic (exact) mass is 242 g/mol. The third-order valence-electron chi connectivity index (χ3n) is 2.63. The summed E-state index contributed by atoms with van der Waals surface area (Å²) >= 11 is 0. The maximum Gasteiger partial charge on any atom is 0.362 e.